The van der Waals surface area contributed by atoms with E-state index in [4.69, 9.17) is 9.47 Å². The first-order valence-corrected chi connectivity index (χ1v) is 9.76. The molecule has 3 atom stereocenters. The van der Waals surface area contributed by atoms with Crippen molar-refractivity contribution in [1.29, 1.82) is 0 Å². The Hall–Kier alpha value is -2.59. The fourth-order valence-corrected chi connectivity index (χ4v) is 3.68. The average Bonchev–Trinajstić information content (AvgIpc) is 2.69. The number of aliphatic hydroxyl groups is 1. The molecule has 148 valence electrons. The zero-order valence-corrected chi connectivity index (χ0v) is 16.6. The van der Waals surface area contributed by atoms with Crippen LogP contribution in [0.25, 0.3) is 0 Å². The van der Waals surface area contributed by atoms with Crippen LogP contribution in [0.1, 0.15) is 30.5 Å². The van der Waals surface area contributed by atoms with Gasteiger partial charge in [0, 0.05) is 12.8 Å². The molecule has 0 heterocycles. The van der Waals surface area contributed by atoms with Crippen molar-refractivity contribution >= 4 is 5.97 Å². The van der Waals surface area contributed by atoms with Gasteiger partial charge in [0.15, 0.2) is 0 Å². The summed E-state index contributed by atoms with van der Waals surface area (Å²) in [6.45, 7) is 7.94. The van der Waals surface area contributed by atoms with Gasteiger partial charge in [-0.05, 0) is 37.0 Å². The van der Waals surface area contributed by atoms with Gasteiger partial charge in [-0.25, -0.2) is 0 Å². The smallest absolute Gasteiger partial charge is 0.319 e. The van der Waals surface area contributed by atoms with Crippen LogP contribution in [0, 0.1) is 5.41 Å². The third-order valence-electron chi connectivity index (χ3n) is 5.43. The van der Waals surface area contributed by atoms with Crippen LogP contribution >= 0.6 is 0 Å². The number of rotatable bonds is 7. The molecule has 0 aliphatic heterocycles. The summed E-state index contributed by atoms with van der Waals surface area (Å²) in [5.41, 5.74) is 2.26. The van der Waals surface area contributed by atoms with Crippen molar-refractivity contribution in [1.82, 2.24) is 0 Å². The first-order chi connectivity index (χ1) is 13.4. The van der Waals surface area contributed by atoms with Crippen LogP contribution in [0.15, 0.2) is 66.9 Å². The molecule has 0 radical (unpaired) electrons. The normalized spacial score (nSPS) is 20.5. The van der Waals surface area contributed by atoms with Crippen LogP contribution in [-0.4, -0.2) is 29.9 Å². The van der Waals surface area contributed by atoms with Crippen LogP contribution in [-0.2, 0) is 33.5 Å². The summed E-state index contributed by atoms with van der Waals surface area (Å²) in [4.78, 5) is 12.8. The topological polar surface area (TPSA) is 55.8 Å². The van der Waals surface area contributed by atoms with Gasteiger partial charge >= 0.3 is 5.97 Å². The van der Waals surface area contributed by atoms with Gasteiger partial charge < -0.3 is 14.6 Å². The summed E-state index contributed by atoms with van der Waals surface area (Å²) in [6, 6.07) is 17.8. The molecule has 4 nitrogen and oxygen atoms in total. The molecule has 0 spiro atoms. The third kappa shape index (κ3) is 4.28. The number of benzene rings is 2. The van der Waals surface area contributed by atoms with E-state index in [1.54, 1.807) is 13.8 Å². The zero-order valence-electron chi connectivity index (χ0n) is 16.6. The Morgan fingerprint density at radius 2 is 1.71 bits per heavy atom. The van der Waals surface area contributed by atoms with Crippen LogP contribution in [0.5, 0.6) is 0 Å². The van der Waals surface area contributed by atoms with E-state index in [0.29, 0.717) is 25.0 Å². The lowest BCUT2D eigenvalue weighted by molar-refractivity contribution is -0.155. The Morgan fingerprint density at radius 1 is 1.11 bits per heavy atom. The molecule has 0 saturated heterocycles. The van der Waals surface area contributed by atoms with Crippen molar-refractivity contribution < 1.29 is 19.4 Å². The molecule has 1 aliphatic carbocycles. The van der Waals surface area contributed by atoms with Crippen LogP contribution in [0.3, 0.4) is 0 Å². The van der Waals surface area contributed by atoms with Crippen LogP contribution in [0.4, 0.5) is 0 Å². The number of carbonyl (C=O) groups excluding carboxylic acids is 1. The molecule has 4 heteroatoms. The number of aliphatic hydroxyl groups excluding tert-OH is 1. The Kier molecular flexibility index (Phi) is 6.20. The molecule has 1 aliphatic rings. The van der Waals surface area contributed by atoms with Gasteiger partial charge in [0.1, 0.15) is 17.3 Å². The van der Waals surface area contributed by atoms with Gasteiger partial charge in [0.2, 0.25) is 0 Å². The van der Waals surface area contributed by atoms with E-state index in [1.807, 2.05) is 48.5 Å². The standard InChI is InChI=1S/C24H28O4/c1-4-27-23(26)24(3,16-18-10-6-5-7-11-18)17(2)28-22-15-20-13-9-8-12-19(20)14-21(22)25/h5-13,21-22,25H,2,4,14-16H2,1,3H3/t21-,22-,24+/m1/s1. The molecule has 0 aromatic heterocycles. The molecule has 0 amide bonds. The van der Waals surface area contributed by atoms with Crippen molar-refractivity contribution in [2.45, 2.75) is 45.3 Å². The molecule has 3 rings (SSSR count). The van der Waals surface area contributed by atoms with Crippen molar-refractivity contribution in [3.05, 3.63) is 83.6 Å². The predicted molar refractivity (Wildman–Crippen MR) is 109 cm³/mol. The highest BCUT2D eigenvalue weighted by Crippen LogP contribution is 2.35. The Balaban J connectivity index is 1.80. The average molecular weight is 380 g/mol. The number of fused-ring (bicyclic) bond motifs is 1. The second-order valence-corrected chi connectivity index (χ2v) is 7.54. The monoisotopic (exact) mass is 380 g/mol. The molecular weight excluding hydrogens is 352 g/mol. The minimum atomic E-state index is -1.03. The largest absolute Gasteiger partial charge is 0.491 e. The lowest BCUT2D eigenvalue weighted by Crippen LogP contribution is -2.41. The van der Waals surface area contributed by atoms with E-state index in [-0.39, 0.29) is 12.6 Å². The highest BCUT2D eigenvalue weighted by molar-refractivity contribution is 5.80. The molecule has 0 bridgehead atoms. The summed E-state index contributed by atoms with van der Waals surface area (Å²) in [5, 5.41) is 10.6. The first-order valence-electron chi connectivity index (χ1n) is 9.76. The molecule has 2 aromatic carbocycles. The van der Waals surface area contributed by atoms with Gasteiger partial charge in [-0.15, -0.1) is 0 Å². The summed E-state index contributed by atoms with van der Waals surface area (Å²) in [7, 11) is 0. The minimum absolute atomic E-state index is 0.288. The first kappa shape index (κ1) is 20.2. The van der Waals surface area contributed by atoms with E-state index in [2.05, 4.69) is 12.6 Å². The number of esters is 1. The van der Waals surface area contributed by atoms with Crippen LogP contribution in [0.2, 0.25) is 0 Å². The van der Waals surface area contributed by atoms with E-state index in [9.17, 15) is 9.90 Å². The number of ether oxygens (including phenoxy) is 2. The van der Waals surface area contributed by atoms with E-state index in [1.165, 1.54) is 0 Å². The van der Waals surface area contributed by atoms with E-state index >= 15 is 0 Å². The SMILES string of the molecule is C=C(O[C@@H]1Cc2ccccc2C[C@H]1O)[C@](C)(Cc1ccccc1)C(=O)OCC. The third-order valence-corrected chi connectivity index (χ3v) is 5.43. The molecule has 2 aromatic rings. The van der Waals surface area contributed by atoms with Gasteiger partial charge in [0.05, 0.1) is 12.7 Å². The molecule has 0 unspecified atom stereocenters. The maximum Gasteiger partial charge on any atom is 0.319 e. The zero-order chi connectivity index (χ0) is 20.1. The van der Waals surface area contributed by atoms with Gasteiger partial charge in [-0.1, -0.05) is 61.2 Å². The maximum absolute atomic E-state index is 12.8. The second kappa shape index (κ2) is 8.61. The molecule has 0 fully saturated rings. The summed E-state index contributed by atoms with van der Waals surface area (Å²) < 4.78 is 11.5. The summed E-state index contributed by atoms with van der Waals surface area (Å²) >= 11 is 0. The van der Waals surface area contributed by atoms with E-state index in [0.717, 1.165) is 16.7 Å². The van der Waals surface area contributed by atoms with Crippen molar-refractivity contribution in [3.63, 3.8) is 0 Å². The summed E-state index contributed by atoms with van der Waals surface area (Å²) in [6.07, 6.45) is 0.454. The fourth-order valence-electron chi connectivity index (χ4n) is 3.68. The predicted octanol–water partition coefficient (Wildman–Crippen LogP) is 3.86. The highest BCUT2D eigenvalue weighted by atomic mass is 16.5. The van der Waals surface area contributed by atoms with Crippen molar-refractivity contribution in [3.8, 4) is 0 Å². The fraction of sp³-hybridized carbons (Fsp3) is 0.375. The van der Waals surface area contributed by atoms with Gasteiger partial charge in [-0.3, -0.25) is 4.79 Å². The second-order valence-electron chi connectivity index (χ2n) is 7.54. The Labute approximate surface area is 166 Å². The Bertz CT molecular complexity index is 830. The molecule has 1 N–H and O–H groups in total. The van der Waals surface area contributed by atoms with Crippen molar-refractivity contribution in [2.24, 2.45) is 5.41 Å². The van der Waals surface area contributed by atoms with Gasteiger partial charge in [0.25, 0.3) is 0 Å². The van der Waals surface area contributed by atoms with Crippen LogP contribution < -0.4 is 0 Å². The molecule has 0 saturated carbocycles. The maximum atomic E-state index is 12.8. The lowest BCUT2D eigenvalue weighted by Gasteiger charge is -2.35. The lowest BCUT2D eigenvalue weighted by atomic mass is 9.81. The van der Waals surface area contributed by atoms with E-state index < -0.39 is 17.6 Å². The molecule has 28 heavy (non-hydrogen) atoms. The number of carbonyl (C=O) groups is 1. The number of hydrogen-bond donors (Lipinski definition) is 1. The summed E-state index contributed by atoms with van der Waals surface area (Å²) in [5.74, 6) is -0.0345. The van der Waals surface area contributed by atoms with Crippen molar-refractivity contribution in [2.75, 3.05) is 6.61 Å². The minimum Gasteiger partial charge on any atom is -0.491 e. The Morgan fingerprint density at radius 3 is 2.36 bits per heavy atom. The quantitative estimate of drug-likeness (QED) is 0.585. The number of hydrogen-bond acceptors (Lipinski definition) is 4. The highest BCUT2D eigenvalue weighted by Gasteiger charge is 2.42. The van der Waals surface area contributed by atoms with Gasteiger partial charge in [-0.2, -0.15) is 0 Å². The molecular formula is C24H28O4.